The zero-order valence-corrected chi connectivity index (χ0v) is 11.1. The summed E-state index contributed by atoms with van der Waals surface area (Å²) in [6.45, 7) is 6.36. The minimum absolute atomic E-state index is 0.946. The molecule has 0 unspecified atom stereocenters. The third-order valence-electron chi connectivity index (χ3n) is 3.02. The Morgan fingerprint density at radius 3 is 2.78 bits per heavy atom. The fourth-order valence-corrected chi connectivity index (χ4v) is 2.09. The summed E-state index contributed by atoms with van der Waals surface area (Å²) in [6, 6.07) is 10.7. The first-order valence-corrected chi connectivity index (χ1v) is 6.52. The van der Waals surface area contributed by atoms with Crippen molar-refractivity contribution in [3.8, 4) is 11.1 Å². The number of aryl methyl sites for hydroxylation is 1. The second-order valence-electron chi connectivity index (χ2n) is 4.57. The molecule has 2 heteroatoms. The van der Waals surface area contributed by atoms with E-state index < -0.39 is 0 Å². The summed E-state index contributed by atoms with van der Waals surface area (Å²) in [5.41, 5.74) is 5.10. The molecule has 1 N–H and O–H groups in total. The van der Waals surface area contributed by atoms with Gasteiger partial charge in [0.1, 0.15) is 0 Å². The lowest BCUT2D eigenvalue weighted by Gasteiger charge is -2.09. The standard InChI is InChI=1S/C16H20N2/c1-3-8-17-11-14-6-7-16(13(2)10-14)15-5-4-9-18-12-15/h4-7,9-10,12,17H,3,8,11H2,1-2H3. The highest BCUT2D eigenvalue weighted by Crippen LogP contribution is 2.23. The lowest BCUT2D eigenvalue weighted by atomic mass is 10.00. The summed E-state index contributed by atoms with van der Waals surface area (Å²) in [6.07, 6.45) is 4.89. The Balaban J connectivity index is 2.15. The SMILES string of the molecule is CCCNCc1ccc(-c2cccnc2)c(C)c1. The average molecular weight is 240 g/mol. The van der Waals surface area contributed by atoms with Crippen molar-refractivity contribution < 1.29 is 0 Å². The molecule has 2 nitrogen and oxygen atoms in total. The third kappa shape index (κ3) is 3.17. The summed E-state index contributed by atoms with van der Waals surface area (Å²) in [7, 11) is 0. The quantitative estimate of drug-likeness (QED) is 0.808. The topological polar surface area (TPSA) is 24.9 Å². The molecule has 0 saturated heterocycles. The van der Waals surface area contributed by atoms with Gasteiger partial charge in [-0.15, -0.1) is 0 Å². The average Bonchev–Trinajstić information content (AvgIpc) is 2.40. The van der Waals surface area contributed by atoms with E-state index in [2.05, 4.69) is 48.4 Å². The second-order valence-corrected chi connectivity index (χ2v) is 4.57. The van der Waals surface area contributed by atoms with E-state index in [0.717, 1.165) is 13.1 Å². The van der Waals surface area contributed by atoms with E-state index in [0.29, 0.717) is 0 Å². The molecule has 1 aromatic carbocycles. The fraction of sp³-hybridized carbons (Fsp3) is 0.312. The van der Waals surface area contributed by atoms with Crippen molar-refractivity contribution in [2.45, 2.75) is 26.8 Å². The van der Waals surface area contributed by atoms with Crippen molar-refractivity contribution in [3.63, 3.8) is 0 Å². The predicted molar refractivity (Wildman–Crippen MR) is 76.4 cm³/mol. The first-order chi connectivity index (χ1) is 8.81. The first kappa shape index (κ1) is 12.8. The van der Waals surface area contributed by atoms with Crippen molar-refractivity contribution in [3.05, 3.63) is 53.9 Å². The van der Waals surface area contributed by atoms with E-state index in [1.165, 1.54) is 28.7 Å². The normalized spacial score (nSPS) is 10.6. The molecule has 2 aromatic rings. The smallest absolute Gasteiger partial charge is 0.0346 e. The Labute approximate surface area is 109 Å². The third-order valence-corrected chi connectivity index (χ3v) is 3.02. The van der Waals surface area contributed by atoms with Crippen LogP contribution in [0.3, 0.4) is 0 Å². The zero-order chi connectivity index (χ0) is 12.8. The molecule has 0 radical (unpaired) electrons. The maximum absolute atomic E-state index is 4.17. The maximum atomic E-state index is 4.17. The van der Waals surface area contributed by atoms with Gasteiger partial charge in [0.15, 0.2) is 0 Å². The minimum Gasteiger partial charge on any atom is -0.313 e. The molecular weight excluding hydrogens is 220 g/mol. The monoisotopic (exact) mass is 240 g/mol. The van der Waals surface area contributed by atoms with Crippen LogP contribution in [0, 0.1) is 6.92 Å². The lowest BCUT2D eigenvalue weighted by Crippen LogP contribution is -2.13. The van der Waals surface area contributed by atoms with E-state index >= 15 is 0 Å². The number of rotatable bonds is 5. The zero-order valence-electron chi connectivity index (χ0n) is 11.1. The molecule has 2 rings (SSSR count). The number of pyridine rings is 1. The van der Waals surface area contributed by atoms with Crippen LogP contribution in [-0.2, 0) is 6.54 Å². The Morgan fingerprint density at radius 1 is 1.22 bits per heavy atom. The molecule has 0 spiro atoms. The van der Waals surface area contributed by atoms with Gasteiger partial charge in [-0.05, 0) is 42.6 Å². The maximum Gasteiger partial charge on any atom is 0.0346 e. The van der Waals surface area contributed by atoms with Crippen LogP contribution in [0.2, 0.25) is 0 Å². The van der Waals surface area contributed by atoms with Crippen molar-refractivity contribution >= 4 is 0 Å². The van der Waals surface area contributed by atoms with Crippen molar-refractivity contribution in [2.24, 2.45) is 0 Å². The van der Waals surface area contributed by atoms with Gasteiger partial charge in [-0.1, -0.05) is 31.2 Å². The molecule has 0 aliphatic carbocycles. The molecule has 0 fully saturated rings. The number of hydrogen-bond acceptors (Lipinski definition) is 2. The Bertz CT molecular complexity index is 492. The van der Waals surface area contributed by atoms with Crippen LogP contribution in [0.25, 0.3) is 11.1 Å². The number of benzene rings is 1. The van der Waals surface area contributed by atoms with Gasteiger partial charge in [0, 0.05) is 24.5 Å². The van der Waals surface area contributed by atoms with Crippen LogP contribution in [0.1, 0.15) is 24.5 Å². The highest BCUT2D eigenvalue weighted by Gasteiger charge is 2.02. The molecular formula is C16H20N2. The number of nitrogens with one attached hydrogen (secondary N) is 1. The summed E-state index contributed by atoms with van der Waals surface area (Å²) < 4.78 is 0. The Morgan fingerprint density at radius 2 is 2.11 bits per heavy atom. The Kier molecular flexibility index (Phi) is 4.48. The molecule has 0 amide bonds. The van der Waals surface area contributed by atoms with E-state index in [1.54, 1.807) is 0 Å². The fourth-order valence-electron chi connectivity index (χ4n) is 2.09. The molecule has 1 heterocycles. The highest BCUT2D eigenvalue weighted by atomic mass is 14.8. The van der Waals surface area contributed by atoms with Gasteiger partial charge in [0.25, 0.3) is 0 Å². The van der Waals surface area contributed by atoms with Crippen LogP contribution in [0.5, 0.6) is 0 Å². The second kappa shape index (κ2) is 6.31. The lowest BCUT2D eigenvalue weighted by molar-refractivity contribution is 0.675. The van der Waals surface area contributed by atoms with Gasteiger partial charge in [-0.25, -0.2) is 0 Å². The van der Waals surface area contributed by atoms with Gasteiger partial charge in [0.05, 0.1) is 0 Å². The molecule has 0 bridgehead atoms. The van der Waals surface area contributed by atoms with E-state index in [-0.39, 0.29) is 0 Å². The van der Waals surface area contributed by atoms with Gasteiger partial charge in [-0.3, -0.25) is 4.98 Å². The van der Waals surface area contributed by atoms with E-state index in [4.69, 9.17) is 0 Å². The van der Waals surface area contributed by atoms with E-state index in [9.17, 15) is 0 Å². The molecule has 0 aliphatic rings. The van der Waals surface area contributed by atoms with Crippen molar-refractivity contribution in [1.29, 1.82) is 0 Å². The summed E-state index contributed by atoms with van der Waals surface area (Å²) in [5, 5.41) is 3.43. The molecule has 0 atom stereocenters. The van der Waals surface area contributed by atoms with Crippen LogP contribution in [-0.4, -0.2) is 11.5 Å². The molecule has 94 valence electrons. The molecule has 0 aliphatic heterocycles. The van der Waals surface area contributed by atoms with Crippen molar-refractivity contribution in [2.75, 3.05) is 6.54 Å². The first-order valence-electron chi connectivity index (χ1n) is 6.52. The molecule has 18 heavy (non-hydrogen) atoms. The molecule has 0 saturated carbocycles. The van der Waals surface area contributed by atoms with Gasteiger partial charge >= 0.3 is 0 Å². The number of aromatic nitrogens is 1. The van der Waals surface area contributed by atoms with Crippen LogP contribution in [0.15, 0.2) is 42.7 Å². The van der Waals surface area contributed by atoms with Crippen LogP contribution in [0.4, 0.5) is 0 Å². The Hall–Kier alpha value is -1.67. The van der Waals surface area contributed by atoms with Gasteiger partial charge in [0.2, 0.25) is 0 Å². The van der Waals surface area contributed by atoms with Crippen LogP contribution >= 0.6 is 0 Å². The molecule has 1 aromatic heterocycles. The van der Waals surface area contributed by atoms with Gasteiger partial charge < -0.3 is 5.32 Å². The minimum atomic E-state index is 0.946. The van der Waals surface area contributed by atoms with Crippen LogP contribution < -0.4 is 5.32 Å². The highest BCUT2D eigenvalue weighted by molar-refractivity contribution is 5.66. The van der Waals surface area contributed by atoms with Gasteiger partial charge in [-0.2, -0.15) is 0 Å². The number of nitrogens with zero attached hydrogens (tertiary/aromatic N) is 1. The van der Waals surface area contributed by atoms with E-state index in [1.807, 2.05) is 18.5 Å². The number of hydrogen-bond donors (Lipinski definition) is 1. The summed E-state index contributed by atoms with van der Waals surface area (Å²) in [4.78, 5) is 4.17. The summed E-state index contributed by atoms with van der Waals surface area (Å²) >= 11 is 0. The van der Waals surface area contributed by atoms with Crippen molar-refractivity contribution in [1.82, 2.24) is 10.3 Å². The largest absolute Gasteiger partial charge is 0.313 e. The summed E-state index contributed by atoms with van der Waals surface area (Å²) in [5.74, 6) is 0. The predicted octanol–water partition coefficient (Wildman–Crippen LogP) is 3.56.